The lowest BCUT2D eigenvalue weighted by Gasteiger charge is -2.37. The number of hydrogen-bond acceptors (Lipinski definition) is 3. The van der Waals surface area contributed by atoms with Crippen LogP contribution in [0, 0.1) is 0 Å². The largest absolute Gasteiger partial charge is 0.355 e. The number of benzene rings is 1. The van der Waals surface area contributed by atoms with Gasteiger partial charge < -0.3 is 10.6 Å². The van der Waals surface area contributed by atoms with Gasteiger partial charge in [0.2, 0.25) is 0 Å². The minimum atomic E-state index is -0.843. The summed E-state index contributed by atoms with van der Waals surface area (Å²) in [5.74, 6) is 1.45. The van der Waals surface area contributed by atoms with Crippen LogP contribution in [-0.4, -0.2) is 58.3 Å². The molecule has 0 radical (unpaired) electrons. The van der Waals surface area contributed by atoms with E-state index in [1.165, 1.54) is 5.56 Å². The molecule has 0 aliphatic carbocycles. The number of hydrogen-bond donors (Lipinski definition) is 2. The van der Waals surface area contributed by atoms with Crippen molar-refractivity contribution in [1.29, 1.82) is 0 Å². The Morgan fingerprint density at radius 1 is 1.26 bits per heavy atom. The van der Waals surface area contributed by atoms with Crippen LogP contribution in [0.15, 0.2) is 35.3 Å². The molecule has 2 atom stereocenters. The maximum atomic E-state index is 12.1. The maximum Gasteiger partial charge on any atom is 0.191 e. The fraction of sp³-hybridized carbons (Fsp3) is 0.667. The zero-order valence-corrected chi connectivity index (χ0v) is 18.3. The highest BCUT2D eigenvalue weighted by Gasteiger charge is 2.24. The van der Waals surface area contributed by atoms with Gasteiger partial charge >= 0.3 is 0 Å². The van der Waals surface area contributed by atoms with Crippen LogP contribution in [0.3, 0.4) is 0 Å². The Bertz CT molecular complexity index is 619. The van der Waals surface area contributed by atoms with Crippen molar-refractivity contribution in [1.82, 2.24) is 15.5 Å². The Morgan fingerprint density at radius 2 is 1.89 bits per heavy atom. The van der Waals surface area contributed by atoms with Gasteiger partial charge in [0, 0.05) is 60.1 Å². The molecule has 0 saturated carbocycles. The van der Waals surface area contributed by atoms with E-state index < -0.39 is 10.8 Å². The maximum absolute atomic E-state index is 12.1. The van der Waals surface area contributed by atoms with Crippen molar-refractivity contribution in [3.63, 3.8) is 0 Å². The molecule has 0 bridgehead atoms. The summed E-state index contributed by atoms with van der Waals surface area (Å²) in [6.07, 6.45) is 2.21. The predicted molar refractivity (Wildman–Crippen MR) is 117 cm³/mol. The Labute approximate surface area is 167 Å². The molecule has 6 heteroatoms. The predicted octanol–water partition coefficient (Wildman–Crippen LogP) is 2.92. The van der Waals surface area contributed by atoms with Crippen LogP contribution < -0.4 is 10.6 Å². The van der Waals surface area contributed by atoms with Gasteiger partial charge in [-0.3, -0.25) is 14.1 Å². The van der Waals surface area contributed by atoms with Gasteiger partial charge in [0.05, 0.1) is 0 Å². The molecule has 2 rings (SSSR count). The number of likely N-dealkylation sites (tertiary alicyclic amines) is 1. The molecule has 1 aromatic rings. The number of nitrogens with zero attached hydrogens (tertiary/aromatic N) is 2. The summed E-state index contributed by atoms with van der Waals surface area (Å²) >= 11 is 0. The second-order valence-corrected chi connectivity index (χ2v) is 10.5. The average Bonchev–Trinajstić information content (AvgIpc) is 2.67. The zero-order valence-electron chi connectivity index (χ0n) is 17.5. The summed E-state index contributed by atoms with van der Waals surface area (Å²) in [6, 6.07) is 11.6. The lowest BCUT2D eigenvalue weighted by Crippen LogP contribution is -2.49. The second kappa shape index (κ2) is 10.2. The van der Waals surface area contributed by atoms with E-state index in [0.29, 0.717) is 24.4 Å². The third-order valence-corrected chi connectivity index (χ3v) is 7.13. The van der Waals surface area contributed by atoms with Gasteiger partial charge in [0.15, 0.2) is 5.96 Å². The monoisotopic (exact) mass is 392 g/mol. The van der Waals surface area contributed by atoms with Gasteiger partial charge in [0.25, 0.3) is 0 Å². The van der Waals surface area contributed by atoms with Gasteiger partial charge in [-0.05, 0) is 46.1 Å². The van der Waals surface area contributed by atoms with Gasteiger partial charge in [-0.15, -0.1) is 0 Å². The van der Waals surface area contributed by atoms with Gasteiger partial charge in [0.1, 0.15) is 0 Å². The first-order valence-corrected chi connectivity index (χ1v) is 11.3. The summed E-state index contributed by atoms with van der Waals surface area (Å²) in [7, 11) is 0.952. The summed E-state index contributed by atoms with van der Waals surface area (Å²) in [4.78, 5) is 6.88. The van der Waals surface area contributed by atoms with Crippen LogP contribution >= 0.6 is 0 Å². The van der Waals surface area contributed by atoms with Gasteiger partial charge in [-0.2, -0.15) is 0 Å². The number of aliphatic imine (C=N–C) groups is 1. The van der Waals surface area contributed by atoms with Crippen molar-refractivity contribution in [3.8, 4) is 0 Å². The zero-order chi connectivity index (χ0) is 19.9. The normalized spacial score (nSPS) is 19.5. The molecular weight excluding hydrogens is 356 g/mol. The average molecular weight is 393 g/mol. The molecule has 1 aliphatic rings. The van der Waals surface area contributed by atoms with Crippen LogP contribution in [-0.2, 0) is 10.8 Å². The van der Waals surface area contributed by atoms with Crippen molar-refractivity contribution in [2.75, 3.05) is 32.4 Å². The molecule has 0 spiro atoms. The van der Waals surface area contributed by atoms with Crippen LogP contribution in [0.2, 0.25) is 0 Å². The summed E-state index contributed by atoms with van der Waals surface area (Å²) in [5.41, 5.74) is 1.38. The molecule has 27 heavy (non-hydrogen) atoms. The molecular formula is C21H36N4OS. The van der Waals surface area contributed by atoms with Crippen molar-refractivity contribution in [2.24, 2.45) is 4.99 Å². The second-order valence-electron chi connectivity index (χ2n) is 8.20. The Kier molecular flexibility index (Phi) is 8.29. The van der Waals surface area contributed by atoms with Crippen LogP contribution in [0.4, 0.5) is 0 Å². The molecule has 5 nitrogen and oxygen atoms in total. The van der Waals surface area contributed by atoms with Gasteiger partial charge in [-0.1, -0.05) is 30.3 Å². The number of nitrogens with one attached hydrogen (secondary N) is 2. The molecule has 1 heterocycles. The van der Waals surface area contributed by atoms with Crippen LogP contribution in [0.1, 0.15) is 52.1 Å². The SMILES string of the molecule is CN=C(NCCS(=O)C(C)(C)C)NC1CCN(C(C)c2ccccc2)CC1. The number of guanidine groups is 1. The van der Waals surface area contributed by atoms with E-state index >= 15 is 0 Å². The molecule has 2 N–H and O–H groups in total. The smallest absolute Gasteiger partial charge is 0.191 e. The van der Waals surface area contributed by atoms with E-state index in [1.54, 1.807) is 7.05 Å². The quantitative estimate of drug-likeness (QED) is 0.577. The van der Waals surface area contributed by atoms with Gasteiger partial charge in [-0.25, -0.2) is 0 Å². The van der Waals surface area contributed by atoms with Crippen molar-refractivity contribution in [3.05, 3.63) is 35.9 Å². The highest BCUT2D eigenvalue weighted by molar-refractivity contribution is 7.86. The van der Waals surface area contributed by atoms with Crippen molar-refractivity contribution >= 4 is 16.8 Å². The lowest BCUT2D eigenvalue weighted by atomic mass is 10.0. The third-order valence-electron chi connectivity index (χ3n) is 5.19. The first kappa shape index (κ1) is 21.9. The molecule has 1 aliphatic heterocycles. The Balaban J connectivity index is 1.74. The molecule has 1 saturated heterocycles. The lowest BCUT2D eigenvalue weighted by molar-refractivity contribution is 0.158. The Hall–Kier alpha value is -1.40. The van der Waals surface area contributed by atoms with Crippen LogP contribution in [0.5, 0.6) is 0 Å². The molecule has 1 fully saturated rings. The third kappa shape index (κ3) is 6.92. The van der Waals surface area contributed by atoms with Crippen LogP contribution in [0.25, 0.3) is 0 Å². The minimum absolute atomic E-state index is 0.166. The van der Waals surface area contributed by atoms with E-state index in [4.69, 9.17) is 0 Å². The van der Waals surface area contributed by atoms with E-state index in [0.717, 1.165) is 31.9 Å². The fourth-order valence-electron chi connectivity index (χ4n) is 3.33. The highest BCUT2D eigenvalue weighted by Crippen LogP contribution is 2.23. The first-order valence-electron chi connectivity index (χ1n) is 9.96. The van der Waals surface area contributed by atoms with Crippen molar-refractivity contribution < 1.29 is 4.21 Å². The summed E-state index contributed by atoms with van der Waals surface area (Å²) < 4.78 is 12.0. The highest BCUT2D eigenvalue weighted by atomic mass is 32.2. The molecule has 152 valence electrons. The van der Waals surface area contributed by atoms with E-state index in [1.807, 2.05) is 20.8 Å². The molecule has 0 aromatic heterocycles. The van der Waals surface area contributed by atoms with Crippen molar-refractivity contribution in [2.45, 2.75) is 57.4 Å². The molecule has 0 amide bonds. The fourth-order valence-corrected chi connectivity index (χ4v) is 4.23. The van der Waals surface area contributed by atoms with E-state index in [9.17, 15) is 4.21 Å². The topological polar surface area (TPSA) is 56.7 Å². The van der Waals surface area contributed by atoms with E-state index in [2.05, 4.69) is 57.8 Å². The standard InChI is InChI=1S/C21H36N4OS/c1-17(18-9-7-6-8-10-18)25-14-11-19(12-15-25)24-20(22-5)23-13-16-27(26)21(2,3)4/h6-10,17,19H,11-16H2,1-5H3,(H2,22,23,24). The number of piperidine rings is 1. The first-order chi connectivity index (χ1) is 12.8. The molecule has 1 aromatic carbocycles. The molecule has 2 unspecified atom stereocenters. The summed E-state index contributed by atoms with van der Waals surface area (Å²) in [6.45, 7) is 11.2. The summed E-state index contributed by atoms with van der Waals surface area (Å²) in [5, 5.41) is 6.84. The Morgan fingerprint density at radius 3 is 2.44 bits per heavy atom. The minimum Gasteiger partial charge on any atom is -0.355 e. The van der Waals surface area contributed by atoms with E-state index in [-0.39, 0.29) is 4.75 Å². The number of rotatable bonds is 6.